The molecule has 1 rings (SSSR count). The van der Waals surface area contributed by atoms with Gasteiger partial charge < -0.3 is 20.7 Å². The van der Waals surface area contributed by atoms with E-state index in [9.17, 15) is 9.59 Å². The first-order valence-corrected chi connectivity index (χ1v) is 5.47. The van der Waals surface area contributed by atoms with E-state index < -0.39 is 5.91 Å². The number of oxime groups is 1. The van der Waals surface area contributed by atoms with Gasteiger partial charge in [0.25, 0.3) is 5.91 Å². The molecule has 3 N–H and O–H groups in total. The Hall–Kier alpha value is -2.03. The molecule has 0 aliphatic heterocycles. The van der Waals surface area contributed by atoms with Crippen molar-refractivity contribution in [3.63, 3.8) is 0 Å². The highest BCUT2D eigenvalue weighted by Crippen LogP contribution is 2.07. The maximum Gasteiger partial charge on any atom is 0.277 e. The van der Waals surface area contributed by atoms with Gasteiger partial charge in [0.2, 0.25) is 11.5 Å². The average molecular weight is 257 g/mol. The van der Waals surface area contributed by atoms with Crippen LogP contribution in [0.5, 0.6) is 0 Å². The zero-order valence-electron chi connectivity index (χ0n) is 9.04. The van der Waals surface area contributed by atoms with E-state index in [-0.39, 0.29) is 23.2 Å². The van der Waals surface area contributed by atoms with Crippen molar-refractivity contribution in [2.45, 2.75) is 6.92 Å². The smallest absolute Gasteiger partial charge is 0.277 e. The van der Waals surface area contributed by atoms with E-state index in [0.717, 1.165) is 11.5 Å². The Kier molecular flexibility index (Phi) is 5.01. The minimum atomic E-state index is -0.594. The number of rotatable bonds is 6. The molecule has 0 aliphatic rings. The maximum atomic E-state index is 11.6. The first-order chi connectivity index (χ1) is 8.19. The molecule has 1 heterocycles. The first-order valence-electron chi connectivity index (χ1n) is 4.70. The Morgan fingerprint density at radius 3 is 3.00 bits per heavy atom. The molecule has 0 radical (unpaired) electrons. The van der Waals surface area contributed by atoms with Crippen LogP contribution >= 0.6 is 11.5 Å². The van der Waals surface area contributed by atoms with E-state index in [4.69, 9.17) is 10.6 Å². The molecule has 0 unspecified atom stereocenters. The van der Waals surface area contributed by atoms with Crippen molar-refractivity contribution in [3.8, 4) is 0 Å². The Morgan fingerprint density at radius 1 is 1.71 bits per heavy atom. The van der Waals surface area contributed by atoms with Crippen LogP contribution in [-0.4, -0.2) is 40.4 Å². The standard InChI is InChI=1S/C8H11N5O3S/c1-2-16-12-5(7(15)10-3-4-14)6-11-8(9)17-13-6/h4H,2-3H2,1H3,(H,10,15)(H2,9,11,13)/b12-5-. The summed E-state index contributed by atoms with van der Waals surface area (Å²) in [4.78, 5) is 30.4. The van der Waals surface area contributed by atoms with Crippen LogP contribution in [0.15, 0.2) is 5.16 Å². The number of nitrogens with two attached hydrogens (primary N) is 1. The summed E-state index contributed by atoms with van der Waals surface area (Å²) in [5.41, 5.74) is 5.30. The van der Waals surface area contributed by atoms with Crippen LogP contribution in [0.3, 0.4) is 0 Å². The Bertz CT molecular complexity index is 431. The van der Waals surface area contributed by atoms with Crippen LogP contribution in [0.4, 0.5) is 5.13 Å². The number of hydrogen-bond donors (Lipinski definition) is 2. The molecule has 0 fully saturated rings. The van der Waals surface area contributed by atoms with E-state index in [1.54, 1.807) is 6.92 Å². The molecular formula is C8H11N5O3S. The second-order valence-electron chi connectivity index (χ2n) is 2.69. The summed E-state index contributed by atoms with van der Waals surface area (Å²) in [5.74, 6) is -0.521. The van der Waals surface area contributed by atoms with E-state index in [0.29, 0.717) is 12.9 Å². The number of nitrogens with one attached hydrogen (secondary N) is 1. The number of nitrogens with zero attached hydrogens (tertiary/aromatic N) is 3. The van der Waals surface area contributed by atoms with Crippen molar-refractivity contribution in [3.05, 3.63) is 5.82 Å². The summed E-state index contributed by atoms with van der Waals surface area (Å²) in [6.45, 7) is 1.89. The molecule has 0 aliphatic carbocycles. The lowest BCUT2D eigenvalue weighted by atomic mass is 10.3. The van der Waals surface area contributed by atoms with E-state index in [1.807, 2.05) is 0 Å². The largest absolute Gasteiger partial charge is 0.395 e. The topological polar surface area (TPSA) is 120 Å². The van der Waals surface area contributed by atoms with Crippen molar-refractivity contribution in [2.24, 2.45) is 5.16 Å². The third kappa shape index (κ3) is 3.79. The number of carbonyl (C=O) groups excluding carboxylic acids is 2. The van der Waals surface area contributed by atoms with Crippen molar-refractivity contribution in [2.75, 3.05) is 18.9 Å². The van der Waals surface area contributed by atoms with E-state index in [2.05, 4.69) is 19.8 Å². The molecule has 0 spiro atoms. The van der Waals surface area contributed by atoms with E-state index in [1.165, 1.54) is 0 Å². The van der Waals surface area contributed by atoms with Gasteiger partial charge in [0, 0.05) is 11.5 Å². The summed E-state index contributed by atoms with van der Waals surface area (Å²) < 4.78 is 3.84. The number of nitrogen functional groups attached to an aromatic ring is 1. The molecule has 0 aromatic carbocycles. The van der Waals surface area contributed by atoms with Gasteiger partial charge in [-0.1, -0.05) is 5.16 Å². The van der Waals surface area contributed by atoms with Gasteiger partial charge in [0.1, 0.15) is 12.9 Å². The van der Waals surface area contributed by atoms with Gasteiger partial charge in [-0.05, 0) is 6.92 Å². The van der Waals surface area contributed by atoms with Crippen LogP contribution in [0.25, 0.3) is 0 Å². The highest BCUT2D eigenvalue weighted by molar-refractivity contribution is 7.09. The fraction of sp³-hybridized carbons (Fsp3) is 0.375. The minimum Gasteiger partial charge on any atom is -0.395 e. The predicted molar refractivity (Wildman–Crippen MR) is 61.6 cm³/mol. The Labute approximate surface area is 101 Å². The molecule has 1 amide bonds. The zero-order chi connectivity index (χ0) is 12.7. The maximum absolute atomic E-state index is 11.6. The summed E-state index contributed by atoms with van der Waals surface area (Å²) in [5, 5.41) is 6.12. The second kappa shape index (κ2) is 6.53. The van der Waals surface area contributed by atoms with Crippen molar-refractivity contribution in [1.82, 2.24) is 14.7 Å². The molecule has 0 atom stereocenters. The lowest BCUT2D eigenvalue weighted by molar-refractivity contribution is -0.117. The highest BCUT2D eigenvalue weighted by atomic mass is 32.1. The average Bonchev–Trinajstić information content (AvgIpc) is 2.73. The molecule has 0 bridgehead atoms. The lowest BCUT2D eigenvalue weighted by Gasteiger charge is -2.01. The third-order valence-corrected chi connectivity index (χ3v) is 2.04. The Morgan fingerprint density at radius 2 is 2.47 bits per heavy atom. The molecule has 8 nitrogen and oxygen atoms in total. The van der Waals surface area contributed by atoms with Crippen molar-refractivity contribution < 1.29 is 14.4 Å². The minimum absolute atomic E-state index is 0.0735. The number of carbonyl (C=O) groups is 2. The summed E-state index contributed by atoms with van der Waals surface area (Å²) in [6.07, 6.45) is 0.555. The predicted octanol–water partition coefficient (Wildman–Crippen LogP) is -0.824. The van der Waals surface area contributed by atoms with Crippen LogP contribution < -0.4 is 11.1 Å². The molecule has 17 heavy (non-hydrogen) atoms. The number of anilines is 1. The van der Waals surface area contributed by atoms with Gasteiger partial charge in [-0.25, -0.2) is 0 Å². The monoisotopic (exact) mass is 257 g/mol. The van der Waals surface area contributed by atoms with Crippen LogP contribution in [0.2, 0.25) is 0 Å². The van der Waals surface area contributed by atoms with Crippen molar-refractivity contribution in [1.29, 1.82) is 0 Å². The Balaban J connectivity index is 2.87. The van der Waals surface area contributed by atoms with Gasteiger partial charge in [-0.15, -0.1) is 0 Å². The molecule has 0 saturated heterocycles. The fourth-order valence-corrected chi connectivity index (χ4v) is 1.30. The molecule has 9 heteroatoms. The van der Waals surface area contributed by atoms with Crippen LogP contribution in [-0.2, 0) is 14.4 Å². The number of amides is 1. The molecule has 1 aromatic heterocycles. The molecular weight excluding hydrogens is 246 g/mol. The molecule has 0 saturated carbocycles. The van der Waals surface area contributed by atoms with Gasteiger partial charge in [-0.3, -0.25) is 4.79 Å². The molecule has 1 aromatic rings. The lowest BCUT2D eigenvalue weighted by Crippen LogP contribution is -2.33. The van der Waals surface area contributed by atoms with Crippen LogP contribution in [0.1, 0.15) is 12.7 Å². The normalized spacial score (nSPS) is 11.0. The third-order valence-electron chi connectivity index (χ3n) is 1.50. The summed E-state index contributed by atoms with van der Waals surface area (Å²) in [7, 11) is 0. The van der Waals surface area contributed by atoms with Gasteiger partial charge in [-0.2, -0.15) is 9.36 Å². The number of aldehydes is 1. The van der Waals surface area contributed by atoms with Crippen molar-refractivity contribution >= 4 is 34.6 Å². The quantitative estimate of drug-likeness (QED) is 0.390. The first kappa shape index (κ1) is 13.0. The van der Waals surface area contributed by atoms with Gasteiger partial charge in [0.05, 0.1) is 6.54 Å². The van der Waals surface area contributed by atoms with E-state index >= 15 is 0 Å². The number of hydrogen-bond acceptors (Lipinski definition) is 8. The SMILES string of the molecule is CCO/N=C(\C(=O)NCC=O)c1nsc(N)n1. The second-order valence-corrected chi connectivity index (χ2v) is 3.47. The fourth-order valence-electron chi connectivity index (χ4n) is 0.862. The zero-order valence-corrected chi connectivity index (χ0v) is 9.86. The van der Waals surface area contributed by atoms with Gasteiger partial charge in [0.15, 0.2) is 5.13 Å². The van der Waals surface area contributed by atoms with Gasteiger partial charge >= 0.3 is 0 Å². The number of aromatic nitrogens is 2. The van der Waals surface area contributed by atoms with Crippen LogP contribution in [0, 0.1) is 0 Å². The summed E-state index contributed by atoms with van der Waals surface area (Å²) in [6, 6.07) is 0. The molecule has 92 valence electrons. The summed E-state index contributed by atoms with van der Waals surface area (Å²) >= 11 is 0.938. The highest BCUT2D eigenvalue weighted by Gasteiger charge is 2.19.